The predicted octanol–water partition coefficient (Wildman–Crippen LogP) is 4.37. The van der Waals surface area contributed by atoms with Crippen LogP contribution in [0.1, 0.15) is 47.0 Å². The summed E-state index contributed by atoms with van der Waals surface area (Å²) in [7, 11) is -2.43. The van der Waals surface area contributed by atoms with Gasteiger partial charge in [-0.2, -0.15) is 0 Å². The molecule has 0 aliphatic rings. The number of benzene rings is 2. The maximum absolute atomic E-state index is 8.75. The molecule has 0 amide bonds. The number of unbranched alkanes of at least 4 members (excludes halogenated alkanes) is 1. The highest BCUT2D eigenvalue weighted by molar-refractivity contribution is 6.99. The summed E-state index contributed by atoms with van der Waals surface area (Å²) in [5, 5.41) is 11.4. The maximum atomic E-state index is 8.75. The van der Waals surface area contributed by atoms with E-state index in [1.54, 1.807) is 0 Å². The van der Waals surface area contributed by atoms with Crippen LogP contribution in [0.4, 0.5) is 0 Å². The second-order valence-electron chi connectivity index (χ2n) is 8.48. The molecule has 0 spiro atoms. The topological polar surface area (TPSA) is 29.5 Å². The number of rotatable bonds is 8. The molecule has 150 valence electrons. The van der Waals surface area contributed by atoms with Crippen molar-refractivity contribution in [3.05, 3.63) is 60.7 Å². The molecule has 1 atom stereocenters. The maximum Gasteiger partial charge on any atom is 0.261 e. The van der Waals surface area contributed by atoms with Gasteiger partial charge in [0.2, 0.25) is 0 Å². The Morgan fingerprint density at radius 1 is 0.929 bits per heavy atom. The molecule has 2 nitrogen and oxygen atoms in total. The summed E-state index contributed by atoms with van der Waals surface area (Å²) in [6.45, 7) is 9.90. The first kappa shape index (κ1) is 22.4. The first-order valence-electron chi connectivity index (χ1n) is 10.2. The number of aliphatic hydroxyl groups excluding tert-OH is 1. The van der Waals surface area contributed by atoms with E-state index in [4.69, 9.17) is 9.53 Å². The van der Waals surface area contributed by atoms with Crippen LogP contribution in [-0.2, 0) is 4.43 Å². The zero-order valence-electron chi connectivity index (χ0n) is 17.7. The first-order chi connectivity index (χ1) is 13.4. The monoisotopic (exact) mass is 394 g/mol. The SMILES string of the molecule is C[C@@H](CCCC#CCO)CO[Si](c1ccccc1)(c1ccccc1)C(C)(C)C. The van der Waals surface area contributed by atoms with Crippen LogP contribution in [-0.4, -0.2) is 26.6 Å². The lowest BCUT2D eigenvalue weighted by Crippen LogP contribution is -2.66. The second kappa shape index (κ2) is 10.6. The Morgan fingerprint density at radius 2 is 1.46 bits per heavy atom. The van der Waals surface area contributed by atoms with E-state index < -0.39 is 8.32 Å². The third-order valence-electron chi connectivity index (χ3n) is 5.20. The van der Waals surface area contributed by atoms with E-state index in [-0.39, 0.29) is 11.6 Å². The molecule has 0 radical (unpaired) electrons. The van der Waals surface area contributed by atoms with Gasteiger partial charge in [0.15, 0.2) is 0 Å². The fraction of sp³-hybridized carbons (Fsp3) is 0.440. The van der Waals surface area contributed by atoms with Crippen molar-refractivity contribution in [3.63, 3.8) is 0 Å². The van der Waals surface area contributed by atoms with Gasteiger partial charge in [0.05, 0.1) is 0 Å². The molecule has 28 heavy (non-hydrogen) atoms. The van der Waals surface area contributed by atoms with E-state index in [0.29, 0.717) is 5.92 Å². The van der Waals surface area contributed by atoms with E-state index in [1.807, 2.05) is 0 Å². The fourth-order valence-electron chi connectivity index (χ4n) is 3.80. The largest absolute Gasteiger partial charge is 0.407 e. The molecule has 2 aromatic carbocycles. The Kier molecular flexibility index (Phi) is 8.50. The van der Waals surface area contributed by atoms with Gasteiger partial charge in [0, 0.05) is 13.0 Å². The lowest BCUT2D eigenvalue weighted by molar-refractivity contribution is 0.236. The minimum Gasteiger partial charge on any atom is -0.407 e. The van der Waals surface area contributed by atoms with Crippen LogP contribution in [0.3, 0.4) is 0 Å². The smallest absolute Gasteiger partial charge is 0.261 e. The Hall–Kier alpha value is -1.86. The summed E-state index contributed by atoms with van der Waals surface area (Å²) in [4.78, 5) is 0. The average molecular weight is 395 g/mol. The highest BCUT2D eigenvalue weighted by Crippen LogP contribution is 2.37. The van der Waals surface area contributed by atoms with Crippen LogP contribution in [0, 0.1) is 17.8 Å². The molecule has 0 unspecified atom stereocenters. The molecule has 1 N–H and O–H groups in total. The van der Waals surface area contributed by atoms with Crippen molar-refractivity contribution in [2.75, 3.05) is 13.2 Å². The minimum absolute atomic E-state index is 0.0159. The third-order valence-corrected chi connectivity index (χ3v) is 10.2. The summed E-state index contributed by atoms with van der Waals surface area (Å²) in [6.07, 6.45) is 2.96. The van der Waals surface area contributed by atoms with Crippen molar-refractivity contribution in [1.82, 2.24) is 0 Å². The molecular weight excluding hydrogens is 360 g/mol. The molecule has 2 aromatic rings. The van der Waals surface area contributed by atoms with Gasteiger partial charge >= 0.3 is 0 Å². The quantitative estimate of drug-likeness (QED) is 0.409. The molecule has 0 aliphatic carbocycles. The summed E-state index contributed by atoms with van der Waals surface area (Å²) < 4.78 is 6.97. The normalized spacial score (nSPS) is 12.9. The summed E-state index contributed by atoms with van der Waals surface area (Å²) in [5.41, 5.74) is 0. The van der Waals surface area contributed by atoms with E-state index in [2.05, 4.69) is 100 Å². The van der Waals surface area contributed by atoms with Crippen molar-refractivity contribution >= 4 is 18.7 Å². The summed E-state index contributed by atoms with van der Waals surface area (Å²) in [6, 6.07) is 21.6. The van der Waals surface area contributed by atoms with Crippen LogP contribution < -0.4 is 10.4 Å². The van der Waals surface area contributed by atoms with Crippen molar-refractivity contribution in [3.8, 4) is 11.8 Å². The molecular formula is C25H34O2Si. The molecule has 2 rings (SSSR count). The Labute approximate surface area is 172 Å². The molecule has 0 heterocycles. The van der Waals surface area contributed by atoms with Crippen molar-refractivity contribution in [1.29, 1.82) is 0 Å². The molecule has 0 saturated carbocycles. The van der Waals surface area contributed by atoms with Gasteiger partial charge in [0.25, 0.3) is 8.32 Å². The van der Waals surface area contributed by atoms with E-state index in [9.17, 15) is 0 Å². The van der Waals surface area contributed by atoms with Crippen LogP contribution in [0.25, 0.3) is 0 Å². The number of hydrogen-bond donors (Lipinski definition) is 1. The van der Waals surface area contributed by atoms with Crippen LogP contribution in [0.2, 0.25) is 5.04 Å². The van der Waals surface area contributed by atoms with Crippen LogP contribution in [0.15, 0.2) is 60.7 Å². The van der Waals surface area contributed by atoms with Crippen LogP contribution in [0.5, 0.6) is 0 Å². The van der Waals surface area contributed by atoms with E-state index >= 15 is 0 Å². The molecule has 0 aromatic heterocycles. The highest BCUT2D eigenvalue weighted by Gasteiger charge is 2.50. The molecule has 0 bridgehead atoms. The third kappa shape index (κ3) is 5.58. The Morgan fingerprint density at radius 3 is 1.93 bits per heavy atom. The molecule has 0 aliphatic heterocycles. The Bertz CT molecular complexity index is 714. The fourth-order valence-corrected chi connectivity index (χ4v) is 8.49. The predicted molar refractivity (Wildman–Crippen MR) is 121 cm³/mol. The highest BCUT2D eigenvalue weighted by atomic mass is 28.4. The molecule has 0 fully saturated rings. The van der Waals surface area contributed by atoms with Gasteiger partial charge in [0.1, 0.15) is 6.61 Å². The lowest BCUT2D eigenvalue weighted by Gasteiger charge is -2.43. The van der Waals surface area contributed by atoms with E-state index in [0.717, 1.165) is 25.9 Å². The van der Waals surface area contributed by atoms with Gasteiger partial charge in [-0.1, -0.05) is 94.3 Å². The zero-order chi connectivity index (χ0) is 20.5. The van der Waals surface area contributed by atoms with Gasteiger partial charge in [-0.05, 0) is 34.2 Å². The molecule has 0 saturated heterocycles. The zero-order valence-corrected chi connectivity index (χ0v) is 18.7. The van der Waals surface area contributed by atoms with Crippen LogP contribution >= 0.6 is 0 Å². The second-order valence-corrected chi connectivity index (χ2v) is 12.8. The number of aliphatic hydroxyl groups is 1. The lowest BCUT2D eigenvalue weighted by atomic mass is 10.1. The van der Waals surface area contributed by atoms with Crippen molar-refractivity contribution < 1.29 is 9.53 Å². The average Bonchev–Trinajstić information content (AvgIpc) is 2.69. The standard InChI is InChI=1S/C25H34O2Si/c1-22(15-9-5-6-14-20-26)21-27-28(25(2,3)4,23-16-10-7-11-17-23)24-18-12-8-13-19-24/h7-8,10-13,16-19,22,26H,5,9,15,20-21H2,1-4H3/t22-/m0/s1. The van der Waals surface area contributed by atoms with Gasteiger partial charge in [-0.3, -0.25) is 0 Å². The summed E-state index contributed by atoms with van der Waals surface area (Å²) in [5.74, 6) is 6.20. The van der Waals surface area contributed by atoms with Gasteiger partial charge in [-0.25, -0.2) is 0 Å². The number of hydrogen-bond acceptors (Lipinski definition) is 2. The molecule has 3 heteroatoms. The van der Waals surface area contributed by atoms with E-state index in [1.165, 1.54) is 10.4 Å². The van der Waals surface area contributed by atoms with Crippen molar-refractivity contribution in [2.45, 2.75) is 52.0 Å². The van der Waals surface area contributed by atoms with Gasteiger partial charge < -0.3 is 9.53 Å². The van der Waals surface area contributed by atoms with Crippen molar-refractivity contribution in [2.24, 2.45) is 5.92 Å². The Balaban J connectivity index is 2.27. The van der Waals surface area contributed by atoms with Gasteiger partial charge in [-0.15, -0.1) is 5.92 Å². The first-order valence-corrected chi connectivity index (χ1v) is 12.1. The summed E-state index contributed by atoms with van der Waals surface area (Å²) >= 11 is 0. The minimum atomic E-state index is -2.43.